The zero-order chi connectivity index (χ0) is 19.2. The van der Waals surface area contributed by atoms with Gasteiger partial charge in [-0.1, -0.05) is 82.8 Å². The van der Waals surface area contributed by atoms with Gasteiger partial charge in [0.15, 0.2) is 0 Å². The van der Waals surface area contributed by atoms with Crippen molar-refractivity contribution in [2.75, 3.05) is 18.5 Å². The number of unbranched alkanes of at least 4 members (excludes halogenated alkanes) is 8. The van der Waals surface area contributed by atoms with Crippen LogP contribution in [0.25, 0.3) is 0 Å². The Labute approximate surface area is 166 Å². The molecule has 0 amide bonds. The van der Waals surface area contributed by atoms with Crippen LogP contribution in [0.3, 0.4) is 0 Å². The zero-order valence-corrected chi connectivity index (χ0v) is 17.3. The molecule has 27 heavy (non-hydrogen) atoms. The Kier molecular flexibility index (Phi) is 11.0. The summed E-state index contributed by atoms with van der Waals surface area (Å²) in [5, 5.41) is 3.47. The number of esters is 1. The molecule has 3 nitrogen and oxygen atoms in total. The summed E-state index contributed by atoms with van der Waals surface area (Å²) in [6, 6.07) is 8.11. The zero-order valence-electron chi connectivity index (χ0n) is 17.3. The van der Waals surface area contributed by atoms with E-state index in [4.69, 9.17) is 4.74 Å². The average Bonchev–Trinajstić information content (AvgIpc) is 3.48. The minimum Gasteiger partial charge on any atom is -0.466 e. The minimum atomic E-state index is -0.156. The Hall–Kier alpha value is -1.51. The molecule has 3 heteroatoms. The maximum absolute atomic E-state index is 11.5. The summed E-state index contributed by atoms with van der Waals surface area (Å²) in [5.74, 6) is 0.956. The third-order valence-corrected chi connectivity index (χ3v) is 5.42. The largest absolute Gasteiger partial charge is 0.466 e. The van der Waals surface area contributed by atoms with Crippen LogP contribution in [0.5, 0.6) is 0 Å². The second kappa shape index (κ2) is 13.6. The van der Waals surface area contributed by atoms with Gasteiger partial charge in [-0.15, -0.1) is 0 Å². The van der Waals surface area contributed by atoms with Gasteiger partial charge in [-0.25, -0.2) is 0 Å². The van der Waals surface area contributed by atoms with Crippen molar-refractivity contribution in [1.29, 1.82) is 0 Å². The van der Waals surface area contributed by atoms with Crippen molar-refractivity contribution < 1.29 is 9.53 Å². The Morgan fingerprint density at radius 2 is 1.52 bits per heavy atom. The molecular weight excluding hydrogens is 334 g/mol. The molecule has 0 unspecified atom stereocenters. The lowest BCUT2D eigenvalue weighted by Gasteiger charge is -2.08. The fourth-order valence-electron chi connectivity index (χ4n) is 3.55. The number of hydrogen-bond acceptors (Lipinski definition) is 3. The first-order valence-electron chi connectivity index (χ1n) is 11.3. The van der Waals surface area contributed by atoms with E-state index in [1.165, 1.54) is 77.0 Å². The normalized spacial score (nSPS) is 13.5. The fraction of sp³-hybridized carbons (Fsp3) is 0.708. The molecule has 2 rings (SSSR count). The molecule has 1 aliphatic carbocycles. The number of ether oxygens (including phenoxy) is 1. The van der Waals surface area contributed by atoms with Crippen molar-refractivity contribution in [1.82, 2.24) is 0 Å². The molecule has 0 aliphatic heterocycles. The Balaban J connectivity index is 1.38. The van der Waals surface area contributed by atoms with Gasteiger partial charge in [-0.05, 0) is 37.0 Å². The number of nitrogens with one attached hydrogen (secondary N) is 1. The molecule has 0 heterocycles. The summed E-state index contributed by atoms with van der Waals surface area (Å²) in [6.07, 6.45) is 17.4. The number of benzene rings is 1. The van der Waals surface area contributed by atoms with E-state index in [9.17, 15) is 4.79 Å². The van der Waals surface area contributed by atoms with E-state index in [0.29, 0.717) is 13.0 Å². The summed E-state index contributed by atoms with van der Waals surface area (Å²) in [5.41, 5.74) is 2.14. The molecule has 0 atom stereocenters. The summed E-state index contributed by atoms with van der Waals surface area (Å²) in [6.45, 7) is 3.30. The van der Waals surface area contributed by atoms with Crippen LogP contribution >= 0.6 is 0 Å². The molecule has 0 spiro atoms. The first-order valence-corrected chi connectivity index (χ1v) is 11.3. The smallest absolute Gasteiger partial charge is 0.310 e. The van der Waals surface area contributed by atoms with E-state index < -0.39 is 0 Å². The highest BCUT2D eigenvalue weighted by Crippen LogP contribution is 2.34. The van der Waals surface area contributed by atoms with E-state index in [1.54, 1.807) is 0 Å². The van der Waals surface area contributed by atoms with E-state index in [-0.39, 0.29) is 5.97 Å². The van der Waals surface area contributed by atoms with Gasteiger partial charge in [-0.2, -0.15) is 0 Å². The highest BCUT2D eigenvalue weighted by atomic mass is 16.5. The first kappa shape index (κ1) is 21.8. The molecule has 152 valence electrons. The van der Waals surface area contributed by atoms with Crippen molar-refractivity contribution in [3.05, 3.63) is 29.8 Å². The highest BCUT2D eigenvalue weighted by Gasteiger charge is 2.19. The summed E-state index contributed by atoms with van der Waals surface area (Å²) in [4.78, 5) is 11.5. The lowest BCUT2D eigenvalue weighted by molar-refractivity contribution is -0.142. The van der Waals surface area contributed by atoms with Crippen molar-refractivity contribution >= 4 is 11.7 Å². The quantitative estimate of drug-likeness (QED) is 0.265. The first-order chi connectivity index (χ1) is 13.3. The predicted molar refractivity (Wildman–Crippen MR) is 114 cm³/mol. The Bertz CT molecular complexity index is 508. The van der Waals surface area contributed by atoms with Crippen LogP contribution in [-0.2, 0) is 16.0 Å². The second-order valence-corrected chi connectivity index (χ2v) is 8.02. The Morgan fingerprint density at radius 1 is 0.926 bits per heavy atom. The predicted octanol–water partition coefficient (Wildman–Crippen LogP) is 6.52. The molecule has 1 fully saturated rings. The van der Waals surface area contributed by atoms with Gasteiger partial charge in [0.1, 0.15) is 0 Å². The lowest BCUT2D eigenvalue weighted by atomic mass is 10.1. The van der Waals surface area contributed by atoms with Crippen LogP contribution in [0.2, 0.25) is 0 Å². The molecule has 1 saturated carbocycles. The highest BCUT2D eigenvalue weighted by molar-refractivity contribution is 5.72. The third kappa shape index (κ3) is 11.0. The standard InChI is InChI=1S/C24H39NO2/c1-2-27-24(26)20-22-15-17-23(18-16-22)25-19-11-9-7-5-3-4-6-8-10-12-21-13-14-21/h15-18,21,25H,2-14,19-20H2,1H3. The third-order valence-electron chi connectivity index (χ3n) is 5.42. The van der Waals surface area contributed by atoms with Crippen molar-refractivity contribution in [3.63, 3.8) is 0 Å². The minimum absolute atomic E-state index is 0.156. The van der Waals surface area contributed by atoms with Gasteiger partial charge in [0, 0.05) is 12.2 Å². The molecule has 0 radical (unpaired) electrons. The van der Waals surface area contributed by atoms with E-state index in [1.807, 2.05) is 19.1 Å². The maximum Gasteiger partial charge on any atom is 0.310 e. The molecule has 1 N–H and O–H groups in total. The molecular formula is C24H39NO2. The maximum atomic E-state index is 11.5. The molecule has 1 aromatic rings. The number of hydrogen-bond donors (Lipinski definition) is 1. The Morgan fingerprint density at radius 3 is 2.11 bits per heavy atom. The van der Waals surface area contributed by atoms with Crippen LogP contribution in [0.4, 0.5) is 5.69 Å². The van der Waals surface area contributed by atoms with Gasteiger partial charge < -0.3 is 10.1 Å². The van der Waals surface area contributed by atoms with Gasteiger partial charge >= 0.3 is 5.97 Å². The van der Waals surface area contributed by atoms with Crippen molar-refractivity contribution in [3.8, 4) is 0 Å². The van der Waals surface area contributed by atoms with Crippen molar-refractivity contribution in [2.45, 2.75) is 90.4 Å². The number of rotatable bonds is 16. The average molecular weight is 374 g/mol. The van der Waals surface area contributed by atoms with E-state index in [2.05, 4.69) is 17.4 Å². The molecule has 0 bridgehead atoms. The van der Waals surface area contributed by atoms with Gasteiger partial charge in [0.05, 0.1) is 13.0 Å². The van der Waals surface area contributed by atoms with E-state index in [0.717, 1.165) is 23.7 Å². The number of carbonyl (C=O) groups excluding carboxylic acids is 1. The van der Waals surface area contributed by atoms with Gasteiger partial charge in [0.25, 0.3) is 0 Å². The molecule has 0 aromatic heterocycles. The molecule has 1 aromatic carbocycles. The monoisotopic (exact) mass is 373 g/mol. The molecule has 1 aliphatic rings. The van der Waals surface area contributed by atoms with Crippen LogP contribution < -0.4 is 5.32 Å². The van der Waals surface area contributed by atoms with Gasteiger partial charge in [0.2, 0.25) is 0 Å². The van der Waals surface area contributed by atoms with Gasteiger partial charge in [-0.3, -0.25) is 4.79 Å². The lowest BCUT2D eigenvalue weighted by Crippen LogP contribution is -2.07. The summed E-state index contributed by atoms with van der Waals surface area (Å²) in [7, 11) is 0. The van der Waals surface area contributed by atoms with Crippen LogP contribution in [0, 0.1) is 5.92 Å². The SMILES string of the molecule is CCOC(=O)Cc1ccc(NCCCCCCCCCCCC2CC2)cc1. The van der Waals surface area contributed by atoms with Crippen molar-refractivity contribution in [2.24, 2.45) is 5.92 Å². The van der Waals surface area contributed by atoms with E-state index >= 15 is 0 Å². The van der Waals surface area contributed by atoms with Crippen LogP contribution in [0.1, 0.15) is 89.5 Å². The van der Waals surface area contributed by atoms with Crippen LogP contribution in [0.15, 0.2) is 24.3 Å². The molecule has 0 saturated heterocycles. The second-order valence-electron chi connectivity index (χ2n) is 8.02. The number of carbonyl (C=O) groups is 1. The summed E-state index contributed by atoms with van der Waals surface area (Å²) < 4.78 is 4.98. The topological polar surface area (TPSA) is 38.3 Å². The van der Waals surface area contributed by atoms with Crippen LogP contribution in [-0.4, -0.2) is 19.1 Å². The fourth-order valence-corrected chi connectivity index (χ4v) is 3.55. The number of anilines is 1. The summed E-state index contributed by atoms with van der Waals surface area (Å²) >= 11 is 0.